The molecule has 7 nitrogen and oxygen atoms in total. The maximum absolute atomic E-state index is 12.5. The van der Waals surface area contributed by atoms with Crippen LogP contribution in [0.2, 0.25) is 0 Å². The van der Waals surface area contributed by atoms with Crippen LogP contribution in [-0.2, 0) is 0 Å². The third-order valence-electron chi connectivity index (χ3n) is 5.10. The van der Waals surface area contributed by atoms with Crippen LogP contribution in [0, 0.1) is 0 Å². The molecule has 0 radical (unpaired) electrons. The zero-order valence-corrected chi connectivity index (χ0v) is 16.4. The molecule has 1 fully saturated rings. The third kappa shape index (κ3) is 4.51. The van der Waals surface area contributed by atoms with Gasteiger partial charge in [-0.05, 0) is 30.7 Å². The number of piperazine rings is 1. The minimum absolute atomic E-state index is 0.0586. The van der Waals surface area contributed by atoms with Crippen molar-refractivity contribution in [2.75, 3.05) is 36.0 Å². The Morgan fingerprint density at radius 3 is 2.24 bits per heavy atom. The summed E-state index contributed by atoms with van der Waals surface area (Å²) in [4.78, 5) is 30.1. The van der Waals surface area contributed by atoms with Crippen LogP contribution < -0.4 is 15.1 Å². The highest BCUT2D eigenvalue weighted by Crippen LogP contribution is 2.17. The van der Waals surface area contributed by atoms with Gasteiger partial charge in [-0.2, -0.15) is 0 Å². The van der Waals surface area contributed by atoms with Gasteiger partial charge < -0.3 is 15.1 Å². The van der Waals surface area contributed by atoms with Crippen molar-refractivity contribution < 1.29 is 4.79 Å². The van der Waals surface area contributed by atoms with Gasteiger partial charge in [-0.15, -0.1) is 0 Å². The van der Waals surface area contributed by atoms with Crippen molar-refractivity contribution in [3.05, 3.63) is 78.2 Å². The molecule has 1 N–H and O–H groups in total. The summed E-state index contributed by atoms with van der Waals surface area (Å²) in [6.45, 7) is 5.32. The first-order valence-corrected chi connectivity index (χ1v) is 9.79. The second-order valence-electron chi connectivity index (χ2n) is 7.03. The third-order valence-corrected chi connectivity index (χ3v) is 5.10. The fourth-order valence-corrected chi connectivity index (χ4v) is 3.40. The molecule has 3 aromatic rings. The molecule has 3 heterocycles. The van der Waals surface area contributed by atoms with Gasteiger partial charge in [-0.25, -0.2) is 15.0 Å². The molecule has 0 bridgehead atoms. The van der Waals surface area contributed by atoms with Crippen molar-refractivity contribution in [1.29, 1.82) is 0 Å². The zero-order valence-electron chi connectivity index (χ0n) is 16.4. The molecule has 4 rings (SSSR count). The van der Waals surface area contributed by atoms with Gasteiger partial charge in [0.2, 0.25) is 5.95 Å². The van der Waals surface area contributed by atoms with Crippen molar-refractivity contribution in [3.63, 3.8) is 0 Å². The standard InChI is InChI=1S/C22H24N6O/c1-17(18-6-3-2-4-7-18)26-21(29)19-8-9-20(25-16-19)27-12-14-28(15-13-27)22-23-10-5-11-24-22/h2-11,16-17H,12-15H2,1H3,(H,26,29). The fraction of sp³-hybridized carbons (Fsp3) is 0.273. The molecule has 1 atom stereocenters. The van der Waals surface area contributed by atoms with E-state index in [1.54, 1.807) is 18.6 Å². The van der Waals surface area contributed by atoms with Crippen LogP contribution in [0.1, 0.15) is 28.9 Å². The molecule has 1 saturated heterocycles. The van der Waals surface area contributed by atoms with Crippen molar-refractivity contribution in [1.82, 2.24) is 20.3 Å². The van der Waals surface area contributed by atoms with Crippen LogP contribution >= 0.6 is 0 Å². The molecule has 7 heteroatoms. The van der Waals surface area contributed by atoms with Crippen LogP contribution in [-0.4, -0.2) is 47.0 Å². The average Bonchev–Trinajstić information content (AvgIpc) is 2.80. The van der Waals surface area contributed by atoms with Crippen molar-refractivity contribution in [2.24, 2.45) is 0 Å². The van der Waals surface area contributed by atoms with Crippen LogP contribution in [0.3, 0.4) is 0 Å². The van der Waals surface area contributed by atoms with Crippen LogP contribution in [0.5, 0.6) is 0 Å². The maximum Gasteiger partial charge on any atom is 0.253 e. The van der Waals surface area contributed by atoms with Gasteiger partial charge in [0, 0.05) is 44.8 Å². The van der Waals surface area contributed by atoms with E-state index >= 15 is 0 Å². The van der Waals surface area contributed by atoms with E-state index in [0.29, 0.717) is 5.56 Å². The van der Waals surface area contributed by atoms with E-state index in [9.17, 15) is 4.79 Å². The summed E-state index contributed by atoms with van der Waals surface area (Å²) in [5.41, 5.74) is 1.64. The Bertz CT molecular complexity index is 925. The number of aromatic nitrogens is 3. The summed E-state index contributed by atoms with van der Waals surface area (Å²) in [5.74, 6) is 1.53. The van der Waals surface area contributed by atoms with E-state index in [-0.39, 0.29) is 11.9 Å². The number of nitrogens with one attached hydrogen (secondary N) is 1. The van der Waals surface area contributed by atoms with E-state index in [2.05, 4.69) is 30.1 Å². The van der Waals surface area contributed by atoms with Gasteiger partial charge in [-0.1, -0.05) is 30.3 Å². The Balaban J connectivity index is 1.34. The predicted octanol–water partition coefficient (Wildman–Crippen LogP) is 2.69. The van der Waals surface area contributed by atoms with Crippen molar-refractivity contribution in [2.45, 2.75) is 13.0 Å². The largest absolute Gasteiger partial charge is 0.353 e. The predicted molar refractivity (Wildman–Crippen MR) is 113 cm³/mol. The van der Waals surface area contributed by atoms with Gasteiger partial charge in [-0.3, -0.25) is 4.79 Å². The Labute approximate surface area is 170 Å². The number of carbonyl (C=O) groups excluding carboxylic acids is 1. The molecular formula is C22H24N6O. The summed E-state index contributed by atoms with van der Waals surface area (Å²) in [6, 6.07) is 15.4. The molecule has 1 amide bonds. The molecule has 2 aromatic heterocycles. The molecule has 1 aromatic carbocycles. The summed E-state index contributed by atoms with van der Waals surface area (Å²) in [5, 5.41) is 3.02. The Morgan fingerprint density at radius 2 is 1.59 bits per heavy atom. The summed E-state index contributed by atoms with van der Waals surface area (Å²) < 4.78 is 0. The van der Waals surface area contributed by atoms with E-state index in [4.69, 9.17) is 0 Å². The van der Waals surface area contributed by atoms with Gasteiger partial charge in [0.05, 0.1) is 11.6 Å². The number of rotatable bonds is 5. The molecule has 1 aliphatic rings. The monoisotopic (exact) mass is 388 g/mol. The quantitative estimate of drug-likeness (QED) is 0.724. The topological polar surface area (TPSA) is 74.2 Å². The number of anilines is 2. The van der Waals surface area contributed by atoms with E-state index < -0.39 is 0 Å². The first kappa shape index (κ1) is 18.9. The molecule has 0 aliphatic carbocycles. The van der Waals surface area contributed by atoms with E-state index in [0.717, 1.165) is 43.5 Å². The molecule has 29 heavy (non-hydrogen) atoms. The highest BCUT2D eigenvalue weighted by molar-refractivity contribution is 5.94. The Morgan fingerprint density at radius 1 is 0.897 bits per heavy atom. The van der Waals surface area contributed by atoms with Crippen LogP contribution in [0.4, 0.5) is 11.8 Å². The van der Waals surface area contributed by atoms with Gasteiger partial charge in [0.1, 0.15) is 5.82 Å². The minimum Gasteiger partial charge on any atom is -0.353 e. The maximum atomic E-state index is 12.5. The second kappa shape index (κ2) is 8.68. The van der Waals surface area contributed by atoms with Gasteiger partial charge >= 0.3 is 0 Å². The summed E-state index contributed by atoms with van der Waals surface area (Å²) in [7, 11) is 0. The number of carbonyl (C=O) groups is 1. The molecule has 0 spiro atoms. The molecule has 1 aliphatic heterocycles. The number of benzene rings is 1. The smallest absolute Gasteiger partial charge is 0.253 e. The fourth-order valence-electron chi connectivity index (χ4n) is 3.40. The first-order chi connectivity index (χ1) is 14.2. The normalized spacial score (nSPS) is 15.1. The highest BCUT2D eigenvalue weighted by atomic mass is 16.1. The van der Waals surface area contributed by atoms with E-state index in [1.807, 2.05) is 55.5 Å². The van der Waals surface area contributed by atoms with Gasteiger partial charge in [0.15, 0.2) is 0 Å². The first-order valence-electron chi connectivity index (χ1n) is 9.79. The SMILES string of the molecule is CC(NC(=O)c1ccc(N2CCN(c3ncccn3)CC2)nc1)c1ccccc1. The second-order valence-corrected chi connectivity index (χ2v) is 7.03. The lowest BCUT2D eigenvalue weighted by atomic mass is 10.1. The number of hydrogen-bond acceptors (Lipinski definition) is 6. The molecule has 148 valence electrons. The van der Waals surface area contributed by atoms with Crippen molar-refractivity contribution in [3.8, 4) is 0 Å². The van der Waals surface area contributed by atoms with Crippen LogP contribution in [0.25, 0.3) is 0 Å². The highest BCUT2D eigenvalue weighted by Gasteiger charge is 2.20. The molecular weight excluding hydrogens is 364 g/mol. The van der Waals surface area contributed by atoms with E-state index in [1.165, 1.54) is 0 Å². The average molecular weight is 388 g/mol. The molecule has 1 unspecified atom stereocenters. The number of pyridine rings is 1. The number of nitrogens with zero attached hydrogens (tertiary/aromatic N) is 5. The Hall–Kier alpha value is -3.48. The minimum atomic E-state index is -0.119. The molecule has 0 saturated carbocycles. The lowest BCUT2D eigenvalue weighted by molar-refractivity contribution is 0.0939. The lowest BCUT2D eigenvalue weighted by Crippen LogP contribution is -2.47. The number of hydrogen-bond donors (Lipinski definition) is 1. The summed E-state index contributed by atoms with van der Waals surface area (Å²) >= 11 is 0. The summed E-state index contributed by atoms with van der Waals surface area (Å²) in [6.07, 6.45) is 5.17. The zero-order chi connectivity index (χ0) is 20.1. The lowest BCUT2D eigenvalue weighted by Gasteiger charge is -2.35. The van der Waals surface area contributed by atoms with Crippen molar-refractivity contribution >= 4 is 17.7 Å². The number of amides is 1. The Kier molecular flexibility index (Phi) is 5.65. The van der Waals surface area contributed by atoms with Crippen LogP contribution in [0.15, 0.2) is 67.1 Å². The van der Waals surface area contributed by atoms with Gasteiger partial charge in [0.25, 0.3) is 5.91 Å².